The van der Waals surface area contributed by atoms with Crippen LogP contribution in [0.15, 0.2) is 11.5 Å². The van der Waals surface area contributed by atoms with Gasteiger partial charge in [0, 0.05) is 5.92 Å². The van der Waals surface area contributed by atoms with Gasteiger partial charge >= 0.3 is 0 Å². The molecule has 0 amide bonds. The predicted molar refractivity (Wildman–Crippen MR) is 62.5 cm³/mol. The minimum absolute atomic E-state index is 0.0411. The van der Waals surface area contributed by atoms with Crippen molar-refractivity contribution in [2.75, 3.05) is 7.11 Å². The van der Waals surface area contributed by atoms with Crippen molar-refractivity contribution < 1.29 is 9.47 Å². The van der Waals surface area contributed by atoms with E-state index in [1.807, 2.05) is 6.92 Å². The molecular formula is C13H24O2. The standard InChI is InChI=1S/C13H24O2/c1-10(2)12(11(3)14-5)15-13(4)8-6-7-9-13/h10H,6-9H2,1-5H3/b12-11-. The Balaban J connectivity index is 2.75. The molecule has 15 heavy (non-hydrogen) atoms. The van der Waals surface area contributed by atoms with Gasteiger partial charge in [0.25, 0.3) is 0 Å². The van der Waals surface area contributed by atoms with E-state index in [1.54, 1.807) is 7.11 Å². The van der Waals surface area contributed by atoms with Gasteiger partial charge in [-0.1, -0.05) is 13.8 Å². The highest BCUT2D eigenvalue weighted by molar-refractivity contribution is 5.04. The molecule has 1 fully saturated rings. The summed E-state index contributed by atoms with van der Waals surface area (Å²) in [7, 11) is 1.71. The second-order valence-electron chi connectivity index (χ2n) is 5.04. The molecule has 0 unspecified atom stereocenters. The van der Waals surface area contributed by atoms with Crippen LogP contribution in [0.5, 0.6) is 0 Å². The van der Waals surface area contributed by atoms with Crippen molar-refractivity contribution in [2.45, 2.75) is 59.0 Å². The first-order valence-corrected chi connectivity index (χ1v) is 5.92. The molecule has 0 spiro atoms. The molecule has 2 heteroatoms. The summed E-state index contributed by atoms with van der Waals surface area (Å²) in [5.41, 5.74) is 0.0411. The summed E-state index contributed by atoms with van der Waals surface area (Å²) >= 11 is 0. The zero-order valence-corrected chi connectivity index (χ0v) is 10.7. The first-order valence-electron chi connectivity index (χ1n) is 5.92. The molecule has 88 valence electrons. The lowest BCUT2D eigenvalue weighted by molar-refractivity contribution is 0.00239. The van der Waals surface area contributed by atoms with E-state index in [2.05, 4.69) is 20.8 Å². The molecule has 1 rings (SSSR count). The van der Waals surface area contributed by atoms with Gasteiger partial charge in [-0.15, -0.1) is 0 Å². The fourth-order valence-corrected chi connectivity index (χ4v) is 2.19. The third-order valence-corrected chi connectivity index (χ3v) is 3.20. The summed E-state index contributed by atoms with van der Waals surface area (Å²) < 4.78 is 11.5. The summed E-state index contributed by atoms with van der Waals surface area (Å²) in [6.45, 7) is 8.49. The molecule has 0 heterocycles. The molecule has 0 bridgehead atoms. The van der Waals surface area contributed by atoms with Crippen molar-refractivity contribution in [2.24, 2.45) is 5.92 Å². The Morgan fingerprint density at radius 2 is 1.73 bits per heavy atom. The van der Waals surface area contributed by atoms with Crippen LogP contribution in [0.1, 0.15) is 53.4 Å². The molecule has 0 N–H and O–H groups in total. The van der Waals surface area contributed by atoms with Crippen LogP contribution in [0.3, 0.4) is 0 Å². The number of ether oxygens (including phenoxy) is 2. The van der Waals surface area contributed by atoms with Crippen LogP contribution in [-0.4, -0.2) is 12.7 Å². The normalized spacial score (nSPS) is 21.5. The van der Waals surface area contributed by atoms with Crippen LogP contribution >= 0.6 is 0 Å². The van der Waals surface area contributed by atoms with Gasteiger partial charge < -0.3 is 9.47 Å². The van der Waals surface area contributed by atoms with Crippen LogP contribution in [0.25, 0.3) is 0 Å². The van der Waals surface area contributed by atoms with Gasteiger partial charge in [-0.05, 0) is 39.5 Å². The zero-order valence-electron chi connectivity index (χ0n) is 10.7. The van der Waals surface area contributed by atoms with E-state index in [9.17, 15) is 0 Å². The SMILES string of the molecule is CO/C(C)=C(\OC1(C)CCCC1)C(C)C. The van der Waals surface area contributed by atoms with E-state index in [4.69, 9.17) is 9.47 Å². The lowest BCUT2D eigenvalue weighted by Gasteiger charge is -2.29. The van der Waals surface area contributed by atoms with Crippen molar-refractivity contribution in [1.82, 2.24) is 0 Å². The first-order chi connectivity index (χ1) is 6.98. The summed E-state index contributed by atoms with van der Waals surface area (Å²) in [6, 6.07) is 0. The van der Waals surface area contributed by atoms with Gasteiger partial charge in [-0.3, -0.25) is 0 Å². The average Bonchev–Trinajstić information content (AvgIpc) is 2.60. The molecule has 0 aromatic heterocycles. The lowest BCUT2D eigenvalue weighted by Crippen LogP contribution is -2.26. The molecule has 0 saturated heterocycles. The van der Waals surface area contributed by atoms with E-state index in [0.717, 1.165) is 11.5 Å². The third-order valence-electron chi connectivity index (χ3n) is 3.20. The van der Waals surface area contributed by atoms with Gasteiger partial charge in [0.2, 0.25) is 0 Å². The second-order valence-corrected chi connectivity index (χ2v) is 5.04. The molecule has 2 nitrogen and oxygen atoms in total. The molecule has 1 aliphatic carbocycles. The maximum atomic E-state index is 6.17. The lowest BCUT2D eigenvalue weighted by atomic mass is 10.0. The number of rotatable bonds is 4. The van der Waals surface area contributed by atoms with E-state index >= 15 is 0 Å². The number of methoxy groups -OCH3 is 1. The van der Waals surface area contributed by atoms with Crippen LogP contribution in [0, 0.1) is 5.92 Å². The molecule has 0 aliphatic heterocycles. The molecule has 0 aromatic carbocycles. The summed E-state index contributed by atoms with van der Waals surface area (Å²) in [5, 5.41) is 0. The Morgan fingerprint density at radius 1 is 1.20 bits per heavy atom. The summed E-state index contributed by atoms with van der Waals surface area (Å²) in [4.78, 5) is 0. The molecular weight excluding hydrogens is 188 g/mol. The van der Waals surface area contributed by atoms with Gasteiger partial charge in [0.1, 0.15) is 17.1 Å². The highest BCUT2D eigenvalue weighted by atomic mass is 16.5. The van der Waals surface area contributed by atoms with Crippen molar-refractivity contribution in [3.63, 3.8) is 0 Å². The molecule has 1 saturated carbocycles. The van der Waals surface area contributed by atoms with Gasteiger partial charge in [0.15, 0.2) is 0 Å². The highest BCUT2D eigenvalue weighted by Crippen LogP contribution is 2.36. The quantitative estimate of drug-likeness (QED) is 0.659. The number of hydrogen-bond donors (Lipinski definition) is 0. The third kappa shape index (κ3) is 3.15. The fourth-order valence-electron chi connectivity index (χ4n) is 2.19. The smallest absolute Gasteiger partial charge is 0.136 e. The van der Waals surface area contributed by atoms with Crippen LogP contribution in [-0.2, 0) is 9.47 Å². The van der Waals surface area contributed by atoms with Crippen LogP contribution in [0.2, 0.25) is 0 Å². The van der Waals surface area contributed by atoms with Crippen molar-refractivity contribution in [1.29, 1.82) is 0 Å². The first kappa shape index (κ1) is 12.4. The Morgan fingerprint density at radius 3 is 2.13 bits per heavy atom. The van der Waals surface area contributed by atoms with Crippen molar-refractivity contribution in [3.8, 4) is 0 Å². The van der Waals surface area contributed by atoms with Crippen molar-refractivity contribution in [3.05, 3.63) is 11.5 Å². The summed E-state index contributed by atoms with van der Waals surface area (Å²) in [6.07, 6.45) is 4.90. The van der Waals surface area contributed by atoms with E-state index in [-0.39, 0.29) is 5.60 Å². The monoisotopic (exact) mass is 212 g/mol. The maximum absolute atomic E-state index is 6.17. The molecule has 1 aliphatic rings. The molecule has 0 aromatic rings. The Hall–Kier alpha value is -0.660. The Labute approximate surface area is 93.7 Å². The largest absolute Gasteiger partial charge is 0.498 e. The van der Waals surface area contributed by atoms with E-state index in [1.165, 1.54) is 25.7 Å². The minimum Gasteiger partial charge on any atom is -0.498 e. The number of hydrogen-bond acceptors (Lipinski definition) is 2. The van der Waals surface area contributed by atoms with Gasteiger partial charge in [-0.25, -0.2) is 0 Å². The zero-order chi connectivity index (χ0) is 11.5. The summed E-state index contributed by atoms with van der Waals surface area (Å²) in [5.74, 6) is 2.32. The topological polar surface area (TPSA) is 18.5 Å². The Kier molecular flexibility index (Phi) is 4.06. The Bertz CT molecular complexity index is 235. The molecule has 0 atom stereocenters. The molecule has 0 radical (unpaired) electrons. The minimum atomic E-state index is 0.0411. The fraction of sp³-hybridized carbons (Fsp3) is 0.846. The van der Waals surface area contributed by atoms with E-state index in [0.29, 0.717) is 5.92 Å². The average molecular weight is 212 g/mol. The number of allylic oxidation sites excluding steroid dienone is 2. The second kappa shape index (κ2) is 4.91. The van der Waals surface area contributed by atoms with Gasteiger partial charge in [-0.2, -0.15) is 0 Å². The van der Waals surface area contributed by atoms with Gasteiger partial charge in [0.05, 0.1) is 7.11 Å². The highest BCUT2D eigenvalue weighted by Gasteiger charge is 2.32. The maximum Gasteiger partial charge on any atom is 0.136 e. The van der Waals surface area contributed by atoms with Crippen LogP contribution < -0.4 is 0 Å². The van der Waals surface area contributed by atoms with Crippen molar-refractivity contribution >= 4 is 0 Å². The predicted octanol–water partition coefficient (Wildman–Crippen LogP) is 3.87. The van der Waals surface area contributed by atoms with E-state index < -0.39 is 0 Å². The van der Waals surface area contributed by atoms with Crippen LogP contribution in [0.4, 0.5) is 0 Å².